The van der Waals surface area contributed by atoms with Crippen LogP contribution in [0.15, 0.2) is 23.3 Å². The molecule has 0 N–H and O–H groups in total. The van der Waals surface area contributed by atoms with Gasteiger partial charge in [-0.2, -0.15) is 0 Å². The highest BCUT2D eigenvalue weighted by molar-refractivity contribution is 4.80. The lowest BCUT2D eigenvalue weighted by Gasteiger charge is -2.00. The Balaban J connectivity index is 2.87. The SMILES string of the molecule is O=c1ncccn1CC(F)F. The van der Waals surface area contributed by atoms with Gasteiger partial charge in [0.25, 0.3) is 6.43 Å². The number of alkyl halides is 2. The minimum Gasteiger partial charge on any atom is -0.293 e. The van der Waals surface area contributed by atoms with Gasteiger partial charge < -0.3 is 0 Å². The van der Waals surface area contributed by atoms with Crippen LogP contribution in [-0.4, -0.2) is 16.0 Å². The molecule has 0 aliphatic heterocycles. The number of hydrogen-bond donors (Lipinski definition) is 0. The monoisotopic (exact) mass is 160 g/mol. The first kappa shape index (κ1) is 7.84. The molecule has 0 aliphatic rings. The molecule has 3 nitrogen and oxygen atoms in total. The Morgan fingerprint density at radius 3 is 2.91 bits per heavy atom. The summed E-state index contributed by atoms with van der Waals surface area (Å²) in [5.74, 6) is 0. The van der Waals surface area contributed by atoms with Gasteiger partial charge in [0.05, 0.1) is 6.54 Å². The zero-order valence-corrected chi connectivity index (χ0v) is 5.58. The third-order valence-electron chi connectivity index (χ3n) is 1.12. The van der Waals surface area contributed by atoms with E-state index in [1.54, 1.807) is 0 Å². The highest BCUT2D eigenvalue weighted by Crippen LogP contribution is 1.93. The highest BCUT2D eigenvalue weighted by atomic mass is 19.3. The first-order valence-electron chi connectivity index (χ1n) is 3.00. The van der Waals surface area contributed by atoms with E-state index in [0.29, 0.717) is 0 Å². The summed E-state index contributed by atoms with van der Waals surface area (Å²) in [6.45, 7) is -0.591. The van der Waals surface area contributed by atoms with Crippen LogP contribution in [0.4, 0.5) is 8.78 Å². The fourth-order valence-electron chi connectivity index (χ4n) is 0.675. The van der Waals surface area contributed by atoms with Crippen LogP contribution in [0.5, 0.6) is 0 Å². The minimum atomic E-state index is -2.52. The van der Waals surface area contributed by atoms with Crippen molar-refractivity contribution in [3.8, 4) is 0 Å². The molecule has 5 heteroatoms. The molecular formula is C6H6F2N2O. The van der Waals surface area contributed by atoms with Crippen molar-refractivity contribution >= 4 is 0 Å². The van der Waals surface area contributed by atoms with Gasteiger partial charge in [-0.15, -0.1) is 0 Å². The van der Waals surface area contributed by atoms with E-state index in [-0.39, 0.29) is 0 Å². The summed E-state index contributed by atoms with van der Waals surface area (Å²) >= 11 is 0. The van der Waals surface area contributed by atoms with Gasteiger partial charge in [0.1, 0.15) is 0 Å². The third-order valence-corrected chi connectivity index (χ3v) is 1.12. The van der Waals surface area contributed by atoms with E-state index >= 15 is 0 Å². The molecule has 0 saturated carbocycles. The summed E-state index contributed by atoms with van der Waals surface area (Å²) < 4.78 is 24.3. The summed E-state index contributed by atoms with van der Waals surface area (Å²) in [4.78, 5) is 14.0. The molecule has 0 amide bonds. The number of hydrogen-bond acceptors (Lipinski definition) is 2. The van der Waals surface area contributed by atoms with Crippen LogP contribution in [0.1, 0.15) is 0 Å². The van der Waals surface area contributed by atoms with Gasteiger partial charge >= 0.3 is 5.69 Å². The van der Waals surface area contributed by atoms with Gasteiger partial charge in [-0.3, -0.25) is 4.57 Å². The molecule has 0 fully saturated rings. The molecule has 1 aromatic rings. The Hall–Kier alpha value is -1.26. The van der Waals surface area contributed by atoms with Gasteiger partial charge in [-0.05, 0) is 6.07 Å². The molecule has 0 atom stereocenters. The van der Waals surface area contributed by atoms with Gasteiger partial charge in [0.15, 0.2) is 0 Å². The lowest BCUT2D eigenvalue weighted by molar-refractivity contribution is 0.124. The standard InChI is InChI=1S/C6H6F2N2O/c7-5(8)4-10-3-1-2-9-6(10)11/h1-3,5H,4H2. The number of aromatic nitrogens is 2. The normalized spacial score (nSPS) is 10.5. The maximum absolute atomic E-state index is 11.7. The maximum atomic E-state index is 11.7. The summed E-state index contributed by atoms with van der Waals surface area (Å²) in [5.41, 5.74) is -0.646. The highest BCUT2D eigenvalue weighted by Gasteiger charge is 2.03. The van der Waals surface area contributed by atoms with Crippen LogP contribution in [0, 0.1) is 0 Å². The average Bonchev–Trinajstić information content (AvgIpc) is 1.93. The predicted molar refractivity (Wildman–Crippen MR) is 34.5 cm³/mol. The van der Waals surface area contributed by atoms with Crippen molar-refractivity contribution in [3.63, 3.8) is 0 Å². The Morgan fingerprint density at radius 1 is 1.64 bits per heavy atom. The average molecular weight is 160 g/mol. The van der Waals surface area contributed by atoms with E-state index in [1.165, 1.54) is 18.5 Å². The van der Waals surface area contributed by atoms with E-state index in [4.69, 9.17) is 0 Å². The zero-order valence-electron chi connectivity index (χ0n) is 5.58. The molecule has 0 radical (unpaired) electrons. The third kappa shape index (κ3) is 2.10. The van der Waals surface area contributed by atoms with E-state index in [1.807, 2.05) is 0 Å². The molecule has 1 aromatic heterocycles. The van der Waals surface area contributed by atoms with Crippen LogP contribution in [-0.2, 0) is 6.54 Å². The van der Waals surface area contributed by atoms with Crippen molar-refractivity contribution in [3.05, 3.63) is 28.9 Å². The van der Waals surface area contributed by atoms with Crippen LogP contribution in [0.2, 0.25) is 0 Å². The summed E-state index contributed by atoms with van der Waals surface area (Å²) in [6.07, 6.45) is 0.0307. The molecular weight excluding hydrogens is 154 g/mol. The van der Waals surface area contributed by atoms with Crippen molar-refractivity contribution in [2.24, 2.45) is 0 Å². The van der Waals surface area contributed by atoms with Crippen molar-refractivity contribution in [1.29, 1.82) is 0 Å². The van der Waals surface area contributed by atoms with Crippen molar-refractivity contribution in [2.75, 3.05) is 0 Å². The lowest BCUT2D eigenvalue weighted by atomic mass is 10.6. The molecule has 0 aliphatic carbocycles. The molecule has 0 spiro atoms. The zero-order chi connectivity index (χ0) is 8.27. The first-order valence-corrected chi connectivity index (χ1v) is 3.00. The number of halogens is 2. The maximum Gasteiger partial charge on any atom is 0.347 e. The second-order valence-electron chi connectivity index (χ2n) is 1.95. The van der Waals surface area contributed by atoms with Crippen LogP contribution in [0.3, 0.4) is 0 Å². The summed E-state index contributed by atoms with van der Waals surface area (Å²) in [6, 6.07) is 1.43. The smallest absolute Gasteiger partial charge is 0.293 e. The second-order valence-corrected chi connectivity index (χ2v) is 1.95. The van der Waals surface area contributed by atoms with Crippen LogP contribution < -0.4 is 5.69 Å². The Morgan fingerprint density at radius 2 is 2.36 bits per heavy atom. The fraction of sp³-hybridized carbons (Fsp3) is 0.333. The largest absolute Gasteiger partial charge is 0.347 e. The van der Waals surface area contributed by atoms with Gasteiger partial charge in [-0.1, -0.05) is 0 Å². The summed E-state index contributed by atoms with van der Waals surface area (Å²) in [5, 5.41) is 0. The van der Waals surface area contributed by atoms with E-state index < -0.39 is 18.7 Å². The molecule has 0 saturated heterocycles. The quantitative estimate of drug-likeness (QED) is 0.631. The first-order chi connectivity index (χ1) is 5.20. The van der Waals surface area contributed by atoms with Crippen molar-refractivity contribution in [2.45, 2.75) is 13.0 Å². The number of nitrogens with zero attached hydrogens (tertiary/aromatic N) is 2. The molecule has 11 heavy (non-hydrogen) atoms. The molecule has 60 valence electrons. The van der Waals surface area contributed by atoms with E-state index in [2.05, 4.69) is 4.98 Å². The van der Waals surface area contributed by atoms with Gasteiger partial charge in [-0.25, -0.2) is 18.6 Å². The molecule has 0 bridgehead atoms. The Kier molecular flexibility index (Phi) is 2.30. The van der Waals surface area contributed by atoms with Crippen LogP contribution in [0.25, 0.3) is 0 Å². The second kappa shape index (κ2) is 3.23. The molecule has 0 aromatic carbocycles. The fourth-order valence-corrected chi connectivity index (χ4v) is 0.675. The molecule has 1 rings (SSSR count). The van der Waals surface area contributed by atoms with Gasteiger partial charge in [0, 0.05) is 12.4 Å². The Labute approximate surface area is 61.3 Å². The predicted octanol–water partition coefficient (Wildman–Crippen LogP) is 0.508. The minimum absolute atomic E-state index is 0.591. The van der Waals surface area contributed by atoms with Crippen molar-refractivity contribution < 1.29 is 8.78 Å². The summed E-state index contributed by atoms with van der Waals surface area (Å²) in [7, 11) is 0. The lowest BCUT2D eigenvalue weighted by Crippen LogP contribution is -2.24. The van der Waals surface area contributed by atoms with Crippen molar-refractivity contribution in [1.82, 2.24) is 9.55 Å². The number of rotatable bonds is 2. The van der Waals surface area contributed by atoms with E-state index in [9.17, 15) is 13.6 Å². The Bertz CT molecular complexity index is 284. The molecule has 0 unspecified atom stereocenters. The van der Waals surface area contributed by atoms with Crippen LogP contribution >= 0.6 is 0 Å². The topological polar surface area (TPSA) is 34.9 Å². The van der Waals surface area contributed by atoms with Gasteiger partial charge in [0.2, 0.25) is 0 Å². The van der Waals surface area contributed by atoms with E-state index in [0.717, 1.165) is 4.57 Å². The molecule has 1 heterocycles.